The van der Waals surface area contributed by atoms with Gasteiger partial charge in [-0.15, -0.1) is 0 Å². The van der Waals surface area contributed by atoms with E-state index in [0.29, 0.717) is 0 Å². The molecule has 0 atom stereocenters. The second kappa shape index (κ2) is 26.4. The molecule has 0 bridgehead atoms. The summed E-state index contributed by atoms with van der Waals surface area (Å²) in [5.74, 6) is 0. The van der Waals surface area contributed by atoms with Crippen LogP contribution in [-0.4, -0.2) is 27.9 Å². The van der Waals surface area contributed by atoms with Crippen molar-refractivity contribution in [2.24, 2.45) is 0 Å². The van der Waals surface area contributed by atoms with Crippen LogP contribution in [0.3, 0.4) is 0 Å². The van der Waals surface area contributed by atoms with E-state index in [-0.39, 0.29) is 27.9 Å². The van der Waals surface area contributed by atoms with Crippen LogP contribution in [0.4, 0.5) is 68.2 Å². The molecule has 0 saturated carbocycles. The van der Waals surface area contributed by atoms with Crippen molar-refractivity contribution in [1.82, 2.24) is 0 Å². The molecule has 23 rings (SSSR count). The predicted molar refractivity (Wildman–Crippen MR) is 479 cm³/mol. The van der Waals surface area contributed by atoms with Crippen LogP contribution in [0.2, 0.25) is 0 Å². The fourth-order valence-corrected chi connectivity index (χ4v) is 21.5. The van der Waals surface area contributed by atoms with Crippen molar-refractivity contribution in [2.75, 3.05) is 19.6 Å². The summed E-state index contributed by atoms with van der Waals surface area (Å²) >= 11 is -0.231. The number of nitrogens with zero attached hydrogens (tertiary/aromatic N) is 4. The quantitative estimate of drug-likeness (QED) is 0.113. The summed E-state index contributed by atoms with van der Waals surface area (Å²) in [6.45, 7) is -0.458. The van der Waals surface area contributed by atoms with Gasteiger partial charge in [0.15, 0.2) is 0 Å². The van der Waals surface area contributed by atoms with Crippen LogP contribution in [0.25, 0.3) is 109 Å². The molecule has 0 fully saturated rings. The zero-order valence-corrected chi connectivity index (χ0v) is 63.3. The Labute approximate surface area is 665 Å². The molecule has 5 aliphatic rings. The Hall–Kier alpha value is -13.9. The monoisotopic (exact) mass is 1500 g/mol. The van der Waals surface area contributed by atoms with Gasteiger partial charge in [0, 0.05) is 0 Å². The second-order valence-corrected chi connectivity index (χ2v) is 32.3. The van der Waals surface area contributed by atoms with Gasteiger partial charge in [-0.2, -0.15) is 0 Å². The molecule has 524 valence electrons. The van der Waals surface area contributed by atoms with Crippen molar-refractivity contribution in [1.29, 1.82) is 0 Å². The molecule has 0 saturated heterocycles. The molecule has 18 aromatic rings. The predicted octanol–water partition coefficient (Wildman–Crippen LogP) is 23.9. The summed E-state index contributed by atoms with van der Waals surface area (Å²) in [6, 6.07) is 156. The smallest absolute Gasteiger partial charge is 0.0617 e. The molecule has 113 heavy (non-hydrogen) atoms. The first-order valence-electron chi connectivity index (χ1n) is 39.1. The fourth-order valence-electron chi connectivity index (χ4n) is 18.9. The van der Waals surface area contributed by atoms with Gasteiger partial charge in [0.25, 0.3) is 0 Å². The van der Waals surface area contributed by atoms with E-state index in [2.05, 4.69) is 432 Å². The third-order valence-electron chi connectivity index (χ3n) is 23.8. The van der Waals surface area contributed by atoms with Gasteiger partial charge in [0.1, 0.15) is 0 Å². The number of fused-ring (bicyclic) bond motifs is 11. The van der Waals surface area contributed by atoms with Gasteiger partial charge < -0.3 is 0 Å². The minimum absolute atomic E-state index is 0.223. The first kappa shape index (κ1) is 65.0. The van der Waals surface area contributed by atoms with Crippen LogP contribution >= 0.6 is 0 Å². The molecule has 0 radical (unpaired) electrons. The number of rotatable bonds is 12. The molecule has 0 aliphatic carbocycles. The molecule has 6 heterocycles. The first-order chi connectivity index (χ1) is 56.1. The fraction of sp³-hybridized carbons (Fsp3) is 0. The number of anilines is 12. The summed E-state index contributed by atoms with van der Waals surface area (Å²) in [6.07, 6.45) is 0. The van der Waals surface area contributed by atoms with Gasteiger partial charge in [0.05, 0.1) is 0 Å². The standard InChI is InChI=1S/C106H68B2N4Se/c1-11-31-69(32-12-1)79-52-56-93-92(63-79)108-91-55-54-90-101-102(91)112(98-68-85(75-43-23-7-24-44-75)65-95(100(98)108)109(93)87-59-81(71-35-15-3-16-36-71)57-82(60-87)72-37-17-4-18-38-72)104-103(105(77-47-27-9-28-48-77)113-106(104)78-49-29-10-30-50-78)111(101)97-67-86(76-45-25-8-26-46-76)66-96-99(97)107(90)89-53-51-80(70-33-13-2-14-34-70)64-94(89)110(96)88-61-83(73-39-19-5-20-40-73)58-84(62-88)74-41-21-6-22-42-74/h1-68H. The minimum atomic E-state index is -0.235. The Bertz CT molecular complexity index is 6670. The molecule has 0 spiro atoms. The van der Waals surface area contributed by atoms with E-state index in [9.17, 15) is 0 Å². The Balaban J connectivity index is 0.870. The summed E-state index contributed by atoms with van der Waals surface area (Å²) in [5.41, 5.74) is 42.7. The average Bonchev–Trinajstić information content (AvgIpc) is 1.08. The van der Waals surface area contributed by atoms with Crippen molar-refractivity contribution >= 4 is 129 Å². The van der Waals surface area contributed by atoms with Crippen molar-refractivity contribution < 1.29 is 0 Å². The van der Waals surface area contributed by atoms with Gasteiger partial charge in [-0.05, 0) is 0 Å². The van der Waals surface area contributed by atoms with Gasteiger partial charge in [-0.3, -0.25) is 0 Å². The number of hydrogen-bond acceptors (Lipinski definition) is 4. The maximum atomic E-state index is 2.82. The summed E-state index contributed by atoms with van der Waals surface area (Å²) in [4.78, 5) is 10.9. The number of hydrogen-bond donors (Lipinski definition) is 0. The first-order valence-corrected chi connectivity index (χ1v) is 40.8. The van der Waals surface area contributed by atoms with E-state index in [1.807, 2.05) is 0 Å². The van der Waals surface area contributed by atoms with Crippen LogP contribution in [0.1, 0.15) is 0 Å². The summed E-state index contributed by atoms with van der Waals surface area (Å²) in [5, 5.41) is 0. The van der Waals surface area contributed by atoms with Crippen LogP contribution in [0.15, 0.2) is 413 Å². The third kappa shape index (κ3) is 10.5. The molecule has 4 nitrogen and oxygen atoms in total. The SMILES string of the molecule is c1ccc(-c2cc(-c3ccccc3)cc(N3c4ccc(-c5ccccc5)cc4B4c5ccc6c7c5N(c5cc(-c8ccccc8)cc3c54)c3c(-c4ccccc4)[se]c(-c4ccccc4)c3N7c3cc(-c4ccccc4)cc4c3B6c3ccc(-c5ccccc5)cc3N4c3cc(-c4ccccc4)cc(-c4ccccc4)c3)c2)cc1. The van der Waals surface area contributed by atoms with Gasteiger partial charge >= 0.3 is 573 Å². The Morgan fingerprint density at radius 1 is 0.159 bits per heavy atom. The van der Waals surface area contributed by atoms with Crippen LogP contribution < -0.4 is 52.4 Å². The maximum absolute atomic E-state index is 2.82. The normalized spacial score (nSPS) is 12.8. The Morgan fingerprint density at radius 2 is 0.416 bits per heavy atom. The van der Waals surface area contributed by atoms with E-state index < -0.39 is 0 Å². The van der Waals surface area contributed by atoms with E-state index in [1.165, 1.54) is 115 Å². The average molecular weight is 1500 g/mol. The molecule has 17 aromatic carbocycles. The molecule has 5 aliphatic heterocycles. The molecular weight excluding hydrogens is 1430 g/mol. The van der Waals surface area contributed by atoms with Crippen molar-refractivity contribution in [3.05, 3.63) is 413 Å². The van der Waals surface area contributed by atoms with E-state index >= 15 is 0 Å². The van der Waals surface area contributed by atoms with E-state index in [1.54, 1.807) is 0 Å². The molecule has 0 amide bonds. The molecule has 0 N–H and O–H groups in total. The zero-order valence-electron chi connectivity index (χ0n) is 61.6. The Morgan fingerprint density at radius 3 is 0.761 bits per heavy atom. The summed E-state index contributed by atoms with van der Waals surface area (Å²) in [7, 11) is 0. The second-order valence-electron chi connectivity index (χ2n) is 30.2. The molecular formula is C106H68B2N4Se. The van der Waals surface area contributed by atoms with Crippen LogP contribution in [-0.2, 0) is 0 Å². The van der Waals surface area contributed by atoms with Crippen LogP contribution in [0, 0.1) is 0 Å². The minimum Gasteiger partial charge on any atom is -0.0617 e. The van der Waals surface area contributed by atoms with E-state index in [0.717, 1.165) is 95.3 Å². The zero-order chi connectivity index (χ0) is 74.2. The Kier molecular flexibility index (Phi) is 15.2. The third-order valence-corrected chi connectivity index (χ3v) is 26.5. The molecule has 1 aromatic heterocycles. The van der Waals surface area contributed by atoms with Crippen molar-refractivity contribution in [3.8, 4) is 109 Å². The van der Waals surface area contributed by atoms with Gasteiger partial charge in [0.2, 0.25) is 0 Å². The topological polar surface area (TPSA) is 13.0 Å². The van der Waals surface area contributed by atoms with Gasteiger partial charge in [-0.1, -0.05) is 97.1 Å². The summed E-state index contributed by atoms with van der Waals surface area (Å²) < 4.78 is 2.69. The number of benzene rings is 17. The molecule has 7 heteroatoms. The van der Waals surface area contributed by atoms with Crippen molar-refractivity contribution in [3.63, 3.8) is 0 Å². The van der Waals surface area contributed by atoms with E-state index in [4.69, 9.17) is 0 Å². The van der Waals surface area contributed by atoms with Gasteiger partial charge in [-0.25, -0.2) is 0 Å². The van der Waals surface area contributed by atoms with Crippen molar-refractivity contribution in [2.45, 2.75) is 0 Å². The molecule has 0 unspecified atom stereocenters. The van der Waals surface area contributed by atoms with Crippen LogP contribution in [0.5, 0.6) is 0 Å².